The van der Waals surface area contributed by atoms with Crippen molar-refractivity contribution < 1.29 is 0 Å². The van der Waals surface area contributed by atoms with E-state index < -0.39 is 0 Å². The number of nitrogens with zero attached hydrogens (tertiary/aromatic N) is 2. The van der Waals surface area contributed by atoms with E-state index >= 15 is 0 Å². The molecule has 0 aliphatic carbocycles. The maximum Gasteiger partial charge on any atom is 0.253 e. The third kappa shape index (κ3) is 2.65. The van der Waals surface area contributed by atoms with E-state index in [1.54, 1.807) is 25.1 Å². The molecule has 0 spiro atoms. The lowest BCUT2D eigenvalue weighted by molar-refractivity contribution is 0.730. The largest absolute Gasteiger partial charge is 0.399 e. The van der Waals surface area contributed by atoms with Crippen molar-refractivity contribution in [1.82, 2.24) is 9.55 Å². The molecule has 17 heavy (non-hydrogen) atoms. The molecule has 2 aromatic rings. The molecule has 0 aliphatic heterocycles. The third-order valence-corrected chi connectivity index (χ3v) is 2.80. The maximum atomic E-state index is 11.7. The average Bonchev–Trinajstić information content (AvgIpc) is 2.27. The van der Waals surface area contributed by atoms with Crippen LogP contribution >= 0.6 is 11.6 Å². The predicted molar refractivity (Wildman–Crippen MR) is 68.2 cm³/mol. The minimum Gasteiger partial charge on any atom is -0.399 e. The number of halogens is 1. The molecule has 5 heteroatoms. The van der Waals surface area contributed by atoms with E-state index in [4.69, 9.17) is 17.3 Å². The van der Waals surface area contributed by atoms with Crippen LogP contribution in [0, 0.1) is 6.92 Å². The van der Waals surface area contributed by atoms with Gasteiger partial charge in [0.1, 0.15) is 0 Å². The van der Waals surface area contributed by atoms with E-state index in [0.29, 0.717) is 22.9 Å². The fourth-order valence-corrected chi connectivity index (χ4v) is 1.71. The minimum atomic E-state index is -0.101. The van der Waals surface area contributed by atoms with Crippen LogP contribution < -0.4 is 11.3 Å². The van der Waals surface area contributed by atoms with E-state index in [9.17, 15) is 4.79 Å². The molecule has 88 valence electrons. The monoisotopic (exact) mass is 249 g/mol. The number of rotatable bonds is 2. The number of hydrogen-bond acceptors (Lipinski definition) is 3. The number of hydrogen-bond donors (Lipinski definition) is 1. The first-order valence-corrected chi connectivity index (χ1v) is 5.51. The van der Waals surface area contributed by atoms with E-state index in [2.05, 4.69) is 4.98 Å². The molecular formula is C12H12ClN3O. The highest BCUT2D eigenvalue weighted by atomic mass is 35.5. The third-order valence-electron chi connectivity index (χ3n) is 2.43. The van der Waals surface area contributed by atoms with Gasteiger partial charge >= 0.3 is 0 Å². The molecule has 0 radical (unpaired) electrons. The summed E-state index contributed by atoms with van der Waals surface area (Å²) in [6, 6.07) is 6.69. The zero-order chi connectivity index (χ0) is 12.4. The van der Waals surface area contributed by atoms with Crippen molar-refractivity contribution in [2.45, 2.75) is 13.5 Å². The number of nitrogens with two attached hydrogens (primary N) is 1. The van der Waals surface area contributed by atoms with Crippen molar-refractivity contribution in [1.29, 1.82) is 0 Å². The van der Waals surface area contributed by atoms with Crippen LogP contribution in [0.1, 0.15) is 11.3 Å². The van der Waals surface area contributed by atoms with Crippen LogP contribution in [0.3, 0.4) is 0 Å². The summed E-state index contributed by atoms with van der Waals surface area (Å²) in [5, 5.41) is 0.590. The van der Waals surface area contributed by atoms with Crippen LogP contribution in [0.25, 0.3) is 0 Å². The van der Waals surface area contributed by atoms with Crippen LogP contribution in [-0.2, 0) is 6.54 Å². The van der Waals surface area contributed by atoms with E-state index in [-0.39, 0.29) is 5.56 Å². The highest BCUT2D eigenvalue weighted by Gasteiger charge is 2.04. The molecule has 2 N–H and O–H groups in total. The highest BCUT2D eigenvalue weighted by molar-refractivity contribution is 6.31. The lowest BCUT2D eigenvalue weighted by atomic mass is 10.2. The smallest absolute Gasteiger partial charge is 0.253 e. The van der Waals surface area contributed by atoms with Gasteiger partial charge in [-0.25, -0.2) is 4.98 Å². The molecule has 1 heterocycles. The van der Waals surface area contributed by atoms with Crippen molar-refractivity contribution in [3.05, 3.63) is 57.2 Å². The molecule has 0 saturated carbocycles. The van der Waals surface area contributed by atoms with Gasteiger partial charge in [-0.1, -0.05) is 11.6 Å². The molecule has 0 aliphatic rings. The second-order valence-electron chi connectivity index (χ2n) is 3.85. The Balaban J connectivity index is 2.38. The van der Waals surface area contributed by atoms with Gasteiger partial charge in [-0.05, 0) is 30.7 Å². The number of nitrogen functional groups attached to an aromatic ring is 1. The predicted octanol–water partition coefficient (Wildman–Crippen LogP) is 1.84. The number of benzene rings is 1. The van der Waals surface area contributed by atoms with E-state index in [1.807, 2.05) is 0 Å². The average molecular weight is 250 g/mol. The second-order valence-corrected chi connectivity index (χ2v) is 4.25. The lowest BCUT2D eigenvalue weighted by Crippen LogP contribution is -2.20. The Labute approximate surface area is 104 Å². The molecule has 1 aromatic heterocycles. The van der Waals surface area contributed by atoms with Crippen LogP contribution in [0.4, 0.5) is 5.69 Å². The second kappa shape index (κ2) is 4.59. The van der Waals surface area contributed by atoms with Crippen molar-refractivity contribution in [2.75, 3.05) is 5.73 Å². The summed E-state index contributed by atoms with van der Waals surface area (Å²) in [4.78, 5) is 15.8. The number of aromatic nitrogens is 2. The van der Waals surface area contributed by atoms with Gasteiger partial charge in [0.2, 0.25) is 0 Å². The Kier molecular flexibility index (Phi) is 3.15. The summed E-state index contributed by atoms with van der Waals surface area (Å²) in [5.74, 6) is 0. The molecule has 0 bridgehead atoms. The summed E-state index contributed by atoms with van der Waals surface area (Å²) >= 11 is 6.04. The van der Waals surface area contributed by atoms with Gasteiger partial charge in [0.15, 0.2) is 0 Å². The fourth-order valence-electron chi connectivity index (χ4n) is 1.53. The fraction of sp³-hybridized carbons (Fsp3) is 0.167. The van der Waals surface area contributed by atoms with Crippen LogP contribution in [0.2, 0.25) is 5.02 Å². The topological polar surface area (TPSA) is 60.9 Å². The van der Waals surface area contributed by atoms with Crippen molar-refractivity contribution in [2.24, 2.45) is 0 Å². The van der Waals surface area contributed by atoms with Gasteiger partial charge in [0.05, 0.1) is 12.9 Å². The van der Waals surface area contributed by atoms with Crippen molar-refractivity contribution in [3.8, 4) is 0 Å². The Morgan fingerprint density at radius 2 is 2.18 bits per heavy atom. The van der Waals surface area contributed by atoms with Crippen molar-refractivity contribution in [3.63, 3.8) is 0 Å². The van der Waals surface area contributed by atoms with Crippen LogP contribution in [0.15, 0.2) is 35.4 Å². The van der Waals surface area contributed by atoms with Gasteiger partial charge < -0.3 is 5.73 Å². The summed E-state index contributed by atoms with van der Waals surface area (Å²) in [6.07, 6.45) is 1.51. The number of anilines is 1. The zero-order valence-electron chi connectivity index (χ0n) is 9.35. The SMILES string of the molecule is Cc1cc(=O)n(Cc2cc(N)ccc2Cl)cn1. The van der Waals surface area contributed by atoms with Gasteiger partial charge in [-0.2, -0.15) is 0 Å². The van der Waals surface area contributed by atoms with Gasteiger partial charge in [-0.3, -0.25) is 9.36 Å². The zero-order valence-corrected chi connectivity index (χ0v) is 10.1. The van der Waals surface area contributed by atoms with Crippen LogP contribution in [0.5, 0.6) is 0 Å². The molecule has 1 aromatic carbocycles. The normalized spacial score (nSPS) is 10.5. The first kappa shape index (κ1) is 11.7. The standard InChI is InChI=1S/C12H12ClN3O/c1-8-4-12(17)16(7-15-8)6-9-5-10(14)2-3-11(9)13/h2-5,7H,6,14H2,1H3. The Hall–Kier alpha value is -1.81. The summed E-state index contributed by atoms with van der Waals surface area (Å²) in [6.45, 7) is 2.15. The first-order chi connectivity index (χ1) is 8.06. The highest BCUT2D eigenvalue weighted by Crippen LogP contribution is 2.19. The molecule has 4 nitrogen and oxygen atoms in total. The van der Waals surface area contributed by atoms with E-state index in [1.165, 1.54) is 17.0 Å². The summed E-state index contributed by atoms with van der Waals surface area (Å²) in [7, 11) is 0. The van der Waals surface area contributed by atoms with Crippen LogP contribution in [-0.4, -0.2) is 9.55 Å². The number of aryl methyl sites for hydroxylation is 1. The maximum absolute atomic E-state index is 11.7. The minimum absolute atomic E-state index is 0.101. The summed E-state index contributed by atoms with van der Waals surface area (Å²) < 4.78 is 1.49. The molecule has 0 unspecified atom stereocenters. The first-order valence-electron chi connectivity index (χ1n) is 5.13. The molecule has 0 amide bonds. The Morgan fingerprint density at radius 1 is 1.41 bits per heavy atom. The quantitative estimate of drug-likeness (QED) is 0.826. The van der Waals surface area contributed by atoms with Gasteiger partial charge in [0, 0.05) is 22.5 Å². The molecule has 0 saturated heterocycles. The Morgan fingerprint density at radius 3 is 2.88 bits per heavy atom. The Bertz CT molecular complexity index is 607. The van der Waals surface area contributed by atoms with E-state index in [0.717, 1.165) is 5.56 Å². The van der Waals surface area contributed by atoms with Crippen molar-refractivity contribution >= 4 is 17.3 Å². The molecule has 0 fully saturated rings. The molecular weight excluding hydrogens is 238 g/mol. The lowest BCUT2D eigenvalue weighted by Gasteiger charge is -2.08. The molecule has 0 atom stereocenters. The van der Waals surface area contributed by atoms with Gasteiger partial charge in [0.25, 0.3) is 5.56 Å². The molecule has 2 rings (SSSR count). The summed E-state index contributed by atoms with van der Waals surface area (Å²) in [5.41, 5.74) is 7.71. The van der Waals surface area contributed by atoms with Gasteiger partial charge in [-0.15, -0.1) is 0 Å².